The van der Waals surface area contributed by atoms with Crippen molar-refractivity contribution in [3.05, 3.63) is 66.7 Å². The molecule has 3 nitrogen and oxygen atoms in total. The molecule has 0 saturated heterocycles. The van der Waals surface area contributed by atoms with Crippen LogP contribution in [0.15, 0.2) is 71.6 Å². The first kappa shape index (κ1) is 12.8. The van der Waals surface area contributed by atoms with E-state index < -0.39 is 10.1 Å². The first-order valence-corrected chi connectivity index (χ1v) is 7.55. The lowest BCUT2D eigenvalue weighted by Crippen LogP contribution is -1.97. The fourth-order valence-electron chi connectivity index (χ4n) is 2.28. The maximum absolute atomic E-state index is 11.0. The van der Waals surface area contributed by atoms with Crippen molar-refractivity contribution in [2.24, 2.45) is 0 Å². The molecule has 1 N–H and O–H groups in total. The lowest BCUT2D eigenvalue weighted by atomic mass is 9.98. The molecule has 0 spiro atoms. The average Bonchev–Trinajstić information content (AvgIpc) is 2.46. The van der Waals surface area contributed by atoms with Gasteiger partial charge in [0.2, 0.25) is 0 Å². The Morgan fingerprint density at radius 1 is 0.750 bits per heavy atom. The molecule has 0 amide bonds. The second-order valence-corrected chi connectivity index (χ2v) is 5.95. The minimum absolute atomic E-state index is 0.0958. The lowest BCUT2D eigenvalue weighted by Gasteiger charge is -2.07. The zero-order valence-corrected chi connectivity index (χ0v) is 11.3. The summed E-state index contributed by atoms with van der Waals surface area (Å²) >= 11 is 0. The summed E-state index contributed by atoms with van der Waals surface area (Å²) in [5, 5.41) is 2.23. The van der Waals surface area contributed by atoms with Crippen LogP contribution >= 0.6 is 0 Å². The Bertz CT molecular complexity index is 860. The monoisotopic (exact) mass is 284 g/mol. The van der Waals surface area contributed by atoms with Gasteiger partial charge >= 0.3 is 0 Å². The fourth-order valence-corrected chi connectivity index (χ4v) is 2.76. The van der Waals surface area contributed by atoms with E-state index in [1.807, 2.05) is 42.5 Å². The molecule has 0 aliphatic carbocycles. The van der Waals surface area contributed by atoms with Crippen molar-refractivity contribution < 1.29 is 13.0 Å². The van der Waals surface area contributed by atoms with E-state index >= 15 is 0 Å². The Balaban J connectivity index is 2.17. The molecule has 0 radical (unpaired) electrons. The third-order valence-corrected chi connectivity index (χ3v) is 4.12. The van der Waals surface area contributed by atoms with Crippen LogP contribution in [0.25, 0.3) is 21.9 Å². The molecule has 3 rings (SSSR count). The Hall–Kier alpha value is -2.17. The first-order chi connectivity index (χ1) is 9.55. The smallest absolute Gasteiger partial charge is 0.282 e. The predicted octanol–water partition coefficient (Wildman–Crippen LogP) is 3.75. The second kappa shape index (κ2) is 4.74. The predicted molar refractivity (Wildman–Crippen MR) is 79.2 cm³/mol. The third kappa shape index (κ3) is 2.31. The minimum Gasteiger partial charge on any atom is -0.282 e. The Morgan fingerprint density at radius 2 is 1.40 bits per heavy atom. The number of fused-ring (bicyclic) bond motifs is 1. The van der Waals surface area contributed by atoms with Crippen LogP contribution in [0.3, 0.4) is 0 Å². The average molecular weight is 284 g/mol. The standard InChI is InChI=1S/C16H12O3S/c17-20(18,19)14-10-8-13(9-11-14)16-7-3-5-12-4-1-2-6-15(12)16/h1-11H,(H,17,18,19). The van der Waals surface area contributed by atoms with Gasteiger partial charge in [0.15, 0.2) is 0 Å². The largest absolute Gasteiger partial charge is 0.294 e. The molecule has 0 aliphatic heterocycles. The topological polar surface area (TPSA) is 54.4 Å². The molecule has 20 heavy (non-hydrogen) atoms. The summed E-state index contributed by atoms with van der Waals surface area (Å²) in [6, 6.07) is 20.2. The van der Waals surface area contributed by atoms with E-state index in [0.717, 1.165) is 21.9 Å². The van der Waals surface area contributed by atoms with Crippen molar-refractivity contribution in [2.75, 3.05) is 0 Å². The van der Waals surface area contributed by atoms with E-state index in [2.05, 4.69) is 0 Å². The van der Waals surface area contributed by atoms with Gasteiger partial charge in [0.1, 0.15) is 0 Å². The van der Waals surface area contributed by atoms with Crippen LogP contribution < -0.4 is 0 Å². The molecule has 3 aromatic carbocycles. The van der Waals surface area contributed by atoms with Crippen LogP contribution in [-0.2, 0) is 10.1 Å². The SMILES string of the molecule is O=S(=O)(O)c1ccc(-c2cccc3ccccc23)cc1. The van der Waals surface area contributed by atoms with Gasteiger partial charge in [-0.2, -0.15) is 8.42 Å². The molecular weight excluding hydrogens is 272 g/mol. The molecular formula is C16H12O3S. The van der Waals surface area contributed by atoms with Gasteiger partial charge in [-0.05, 0) is 34.0 Å². The summed E-state index contributed by atoms with van der Waals surface area (Å²) in [4.78, 5) is -0.0958. The van der Waals surface area contributed by atoms with Gasteiger partial charge in [0, 0.05) is 0 Å². The Labute approximate surface area is 117 Å². The van der Waals surface area contributed by atoms with Crippen molar-refractivity contribution in [3.63, 3.8) is 0 Å². The van der Waals surface area contributed by atoms with E-state index in [9.17, 15) is 8.42 Å². The van der Waals surface area contributed by atoms with Crippen molar-refractivity contribution in [3.8, 4) is 11.1 Å². The minimum atomic E-state index is -4.14. The van der Waals surface area contributed by atoms with Gasteiger partial charge in [-0.3, -0.25) is 4.55 Å². The summed E-state index contributed by atoms with van der Waals surface area (Å²) in [6.45, 7) is 0. The molecule has 0 bridgehead atoms. The highest BCUT2D eigenvalue weighted by Gasteiger charge is 2.09. The van der Waals surface area contributed by atoms with E-state index in [0.29, 0.717) is 0 Å². The third-order valence-electron chi connectivity index (χ3n) is 3.25. The Morgan fingerprint density at radius 3 is 2.10 bits per heavy atom. The second-order valence-electron chi connectivity index (χ2n) is 4.53. The summed E-state index contributed by atoms with van der Waals surface area (Å²) in [5.74, 6) is 0. The van der Waals surface area contributed by atoms with E-state index in [4.69, 9.17) is 4.55 Å². The van der Waals surface area contributed by atoms with Crippen LogP contribution in [0, 0.1) is 0 Å². The van der Waals surface area contributed by atoms with Gasteiger partial charge in [0.25, 0.3) is 10.1 Å². The van der Waals surface area contributed by atoms with Gasteiger partial charge < -0.3 is 0 Å². The first-order valence-electron chi connectivity index (χ1n) is 6.11. The number of hydrogen-bond donors (Lipinski definition) is 1. The lowest BCUT2D eigenvalue weighted by molar-refractivity contribution is 0.483. The molecule has 0 unspecified atom stereocenters. The molecule has 0 fully saturated rings. The van der Waals surface area contributed by atoms with Crippen LogP contribution in [0.4, 0.5) is 0 Å². The van der Waals surface area contributed by atoms with E-state index in [-0.39, 0.29) is 4.90 Å². The summed E-state index contributed by atoms with van der Waals surface area (Å²) in [7, 11) is -4.14. The maximum Gasteiger partial charge on any atom is 0.294 e. The van der Waals surface area contributed by atoms with Crippen LogP contribution in [-0.4, -0.2) is 13.0 Å². The molecule has 100 valence electrons. The highest BCUT2D eigenvalue weighted by molar-refractivity contribution is 7.85. The van der Waals surface area contributed by atoms with Crippen molar-refractivity contribution in [2.45, 2.75) is 4.90 Å². The van der Waals surface area contributed by atoms with Gasteiger partial charge in [0.05, 0.1) is 4.90 Å². The normalized spacial score (nSPS) is 11.7. The van der Waals surface area contributed by atoms with Gasteiger partial charge in [-0.15, -0.1) is 0 Å². The van der Waals surface area contributed by atoms with Crippen molar-refractivity contribution >= 4 is 20.9 Å². The molecule has 0 heterocycles. The number of rotatable bonds is 2. The van der Waals surface area contributed by atoms with E-state index in [1.165, 1.54) is 12.1 Å². The van der Waals surface area contributed by atoms with Crippen molar-refractivity contribution in [1.29, 1.82) is 0 Å². The Kier molecular flexibility index (Phi) is 3.04. The van der Waals surface area contributed by atoms with Crippen LogP contribution in [0.2, 0.25) is 0 Å². The molecule has 0 aliphatic rings. The molecule has 0 saturated carbocycles. The summed E-state index contributed by atoms with van der Waals surface area (Å²) < 4.78 is 31.1. The fraction of sp³-hybridized carbons (Fsp3) is 0. The zero-order valence-electron chi connectivity index (χ0n) is 10.5. The highest BCUT2D eigenvalue weighted by Crippen LogP contribution is 2.29. The number of benzene rings is 3. The molecule has 4 heteroatoms. The summed E-state index contributed by atoms with van der Waals surface area (Å²) in [6.07, 6.45) is 0. The molecule has 0 atom stereocenters. The zero-order chi connectivity index (χ0) is 14.2. The van der Waals surface area contributed by atoms with Gasteiger partial charge in [-0.1, -0.05) is 54.6 Å². The van der Waals surface area contributed by atoms with Gasteiger partial charge in [-0.25, -0.2) is 0 Å². The maximum atomic E-state index is 11.0. The van der Waals surface area contributed by atoms with Crippen molar-refractivity contribution in [1.82, 2.24) is 0 Å². The van der Waals surface area contributed by atoms with Crippen LogP contribution in [0.5, 0.6) is 0 Å². The molecule has 3 aromatic rings. The van der Waals surface area contributed by atoms with E-state index in [1.54, 1.807) is 12.1 Å². The quantitative estimate of drug-likeness (QED) is 0.729. The number of hydrogen-bond acceptors (Lipinski definition) is 2. The summed E-state index contributed by atoms with van der Waals surface area (Å²) in [5.41, 5.74) is 1.94. The highest BCUT2D eigenvalue weighted by atomic mass is 32.2. The molecule has 0 aromatic heterocycles. The van der Waals surface area contributed by atoms with Crippen LogP contribution in [0.1, 0.15) is 0 Å².